The van der Waals surface area contributed by atoms with Crippen molar-refractivity contribution in [2.75, 3.05) is 10.6 Å². The van der Waals surface area contributed by atoms with Crippen LogP contribution in [0.1, 0.15) is 37.7 Å². The zero-order valence-corrected chi connectivity index (χ0v) is 16.1. The summed E-state index contributed by atoms with van der Waals surface area (Å²) in [5.74, 6) is -0.483. The SMILES string of the molecule is Fc1cccc(F)c1CN=C1Nc2cc(Cl)c(Cl)cc2NC12CCCCC2. The van der Waals surface area contributed by atoms with Gasteiger partial charge >= 0.3 is 0 Å². The molecule has 0 bridgehead atoms. The summed E-state index contributed by atoms with van der Waals surface area (Å²) >= 11 is 12.3. The van der Waals surface area contributed by atoms with Crippen LogP contribution < -0.4 is 10.6 Å². The van der Waals surface area contributed by atoms with Gasteiger partial charge in [-0.2, -0.15) is 0 Å². The van der Waals surface area contributed by atoms with Gasteiger partial charge < -0.3 is 10.6 Å². The van der Waals surface area contributed by atoms with Crippen LogP contribution in [0.3, 0.4) is 0 Å². The highest BCUT2D eigenvalue weighted by atomic mass is 35.5. The molecule has 1 spiro atoms. The van der Waals surface area contributed by atoms with Crippen LogP contribution in [-0.4, -0.2) is 11.4 Å². The highest BCUT2D eigenvalue weighted by Gasteiger charge is 2.41. The second-order valence-electron chi connectivity index (χ2n) is 7.07. The molecule has 2 aromatic carbocycles. The number of benzene rings is 2. The van der Waals surface area contributed by atoms with Crippen LogP contribution in [0.5, 0.6) is 0 Å². The van der Waals surface area contributed by atoms with Crippen LogP contribution in [0.4, 0.5) is 20.2 Å². The molecule has 4 rings (SSSR count). The third-order valence-electron chi connectivity index (χ3n) is 5.30. The van der Waals surface area contributed by atoms with E-state index in [1.807, 2.05) is 0 Å². The Balaban J connectivity index is 1.73. The molecule has 0 unspecified atom stereocenters. The van der Waals surface area contributed by atoms with Crippen LogP contribution in [0, 0.1) is 11.6 Å². The van der Waals surface area contributed by atoms with Gasteiger partial charge in [-0.3, -0.25) is 4.99 Å². The number of fused-ring (bicyclic) bond motifs is 1. The maximum absolute atomic E-state index is 14.0. The number of nitrogens with zero attached hydrogens (tertiary/aromatic N) is 1. The fourth-order valence-electron chi connectivity index (χ4n) is 3.87. The minimum Gasteiger partial charge on any atom is -0.371 e. The van der Waals surface area contributed by atoms with Crippen LogP contribution in [-0.2, 0) is 6.54 Å². The molecule has 0 amide bonds. The van der Waals surface area contributed by atoms with Crippen molar-refractivity contribution in [1.82, 2.24) is 0 Å². The second-order valence-corrected chi connectivity index (χ2v) is 7.88. The maximum atomic E-state index is 14.0. The third kappa shape index (κ3) is 3.50. The molecule has 1 aliphatic heterocycles. The first-order valence-corrected chi connectivity index (χ1v) is 9.76. The van der Waals surface area contributed by atoms with Crippen molar-refractivity contribution in [3.8, 4) is 0 Å². The molecule has 0 aromatic heterocycles. The minimum absolute atomic E-state index is 0.0299. The average Bonchev–Trinajstić information content (AvgIpc) is 2.64. The number of halogens is 4. The molecule has 2 N–H and O–H groups in total. The van der Waals surface area contributed by atoms with E-state index in [0.717, 1.165) is 43.5 Å². The molecule has 27 heavy (non-hydrogen) atoms. The quantitative estimate of drug-likeness (QED) is 0.600. The lowest BCUT2D eigenvalue weighted by Crippen LogP contribution is -2.53. The predicted octanol–water partition coefficient (Wildman–Crippen LogP) is 6.41. The van der Waals surface area contributed by atoms with Gasteiger partial charge in [0.1, 0.15) is 17.5 Å². The molecule has 1 heterocycles. The highest BCUT2D eigenvalue weighted by Crippen LogP contribution is 2.42. The lowest BCUT2D eigenvalue weighted by molar-refractivity contribution is 0.402. The predicted molar refractivity (Wildman–Crippen MR) is 107 cm³/mol. The zero-order chi connectivity index (χ0) is 19.0. The van der Waals surface area contributed by atoms with E-state index in [9.17, 15) is 8.78 Å². The Morgan fingerprint density at radius 2 is 1.59 bits per heavy atom. The molecule has 0 radical (unpaired) electrons. The van der Waals surface area contributed by atoms with Crippen LogP contribution in [0.15, 0.2) is 35.3 Å². The second kappa shape index (κ2) is 7.28. The first-order valence-electron chi connectivity index (χ1n) is 9.01. The van der Waals surface area contributed by atoms with Crippen LogP contribution in [0.2, 0.25) is 10.0 Å². The van der Waals surface area contributed by atoms with E-state index in [-0.39, 0.29) is 17.6 Å². The monoisotopic (exact) mass is 409 g/mol. The molecule has 0 saturated heterocycles. The van der Waals surface area contributed by atoms with Gasteiger partial charge in [0.25, 0.3) is 0 Å². The van der Waals surface area contributed by atoms with Crippen molar-refractivity contribution in [2.45, 2.75) is 44.2 Å². The molecule has 1 aliphatic carbocycles. The van der Waals surface area contributed by atoms with Crippen molar-refractivity contribution in [3.63, 3.8) is 0 Å². The Labute approximate surface area is 166 Å². The molecular weight excluding hydrogens is 391 g/mol. The molecule has 2 aromatic rings. The van der Waals surface area contributed by atoms with Gasteiger partial charge in [0.15, 0.2) is 0 Å². The summed E-state index contributed by atoms with van der Waals surface area (Å²) in [5.41, 5.74) is 1.21. The zero-order valence-electron chi connectivity index (χ0n) is 14.6. The molecule has 7 heteroatoms. The van der Waals surface area contributed by atoms with Crippen molar-refractivity contribution in [1.29, 1.82) is 0 Å². The van der Waals surface area contributed by atoms with Gasteiger partial charge in [-0.1, -0.05) is 48.5 Å². The number of nitrogens with one attached hydrogen (secondary N) is 2. The van der Waals surface area contributed by atoms with Crippen molar-refractivity contribution in [2.24, 2.45) is 4.99 Å². The number of hydrogen-bond acceptors (Lipinski definition) is 2. The first kappa shape index (κ1) is 18.5. The van der Waals surface area contributed by atoms with Crippen LogP contribution in [0.25, 0.3) is 0 Å². The van der Waals surface area contributed by atoms with E-state index in [1.165, 1.54) is 18.2 Å². The van der Waals surface area contributed by atoms with Gasteiger partial charge in [0.05, 0.1) is 33.5 Å². The smallest absolute Gasteiger partial charge is 0.131 e. The fraction of sp³-hybridized carbons (Fsp3) is 0.350. The number of amidine groups is 1. The first-order chi connectivity index (χ1) is 13.0. The van der Waals surface area contributed by atoms with E-state index in [1.54, 1.807) is 12.1 Å². The Hall–Kier alpha value is -1.85. The van der Waals surface area contributed by atoms with E-state index in [0.29, 0.717) is 15.9 Å². The van der Waals surface area contributed by atoms with Crippen molar-refractivity contribution in [3.05, 3.63) is 57.6 Å². The molecule has 142 valence electrons. The normalized spacial score (nSPS) is 19.5. The van der Waals surface area contributed by atoms with E-state index in [4.69, 9.17) is 23.2 Å². The number of rotatable bonds is 2. The third-order valence-corrected chi connectivity index (χ3v) is 6.03. The molecular formula is C20H19Cl2F2N3. The maximum Gasteiger partial charge on any atom is 0.131 e. The fourth-order valence-corrected chi connectivity index (χ4v) is 4.19. The van der Waals surface area contributed by atoms with E-state index in [2.05, 4.69) is 15.6 Å². The average molecular weight is 410 g/mol. The summed E-state index contributed by atoms with van der Waals surface area (Å²) in [4.78, 5) is 4.59. The van der Waals surface area contributed by atoms with Gasteiger partial charge in [0.2, 0.25) is 0 Å². The number of aliphatic imine (C=N–C) groups is 1. The Bertz CT molecular complexity index is 888. The Morgan fingerprint density at radius 3 is 2.26 bits per heavy atom. The number of anilines is 2. The molecule has 0 atom stereocenters. The number of hydrogen-bond donors (Lipinski definition) is 2. The van der Waals surface area contributed by atoms with Gasteiger partial charge in [-0.15, -0.1) is 0 Å². The standard InChI is InChI=1S/C20H19Cl2F2N3/c21-13-9-17-18(10-14(13)22)27-20(7-2-1-3-8-20)19(26-17)25-11-12-15(23)5-4-6-16(12)24/h4-6,9-10,27H,1-3,7-8,11H2,(H,25,26). The van der Waals surface area contributed by atoms with Crippen molar-refractivity contribution < 1.29 is 8.78 Å². The summed E-state index contributed by atoms with van der Waals surface area (Å²) in [6.07, 6.45) is 5.04. The van der Waals surface area contributed by atoms with Crippen molar-refractivity contribution >= 4 is 40.4 Å². The van der Waals surface area contributed by atoms with Gasteiger partial charge in [0, 0.05) is 5.56 Å². The van der Waals surface area contributed by atoms with Gasteiger partial charge in [-0.25, -0.2) is 8.78 Å². The largest absolute Gasteiger partial charge is 0.371 e. The molecule has 1 fully saturated rings. The lowest BCUT2D eigenvalue weighted by atomic mass is 9.79. The lowest BCUT2D eigenvalue weighted by Gasteiger charge is -2.44. The Kier molecular flexibility index (Phi) is 4.99. The molecule has 3 nitrogen and oxygen atoms in total. The topological polar surface area (TPSA) is 36.4 Å². The van der Waals surface area contributed by atoms with E-state index < -0.39 is 11.6 Å². The summed E-state index contributed by atoms with van der Waals surface area (Å²) in [7, 11) is 0. The summed E-state index contributed by atoms with van der Waals surface area (Å²) in [6.45, 7) is -0.0685. The summed E-state index contributed by atoms with van der Waals surface area (Å²) in [6, 6.07) is 7.39. The summed E-state index contributed by atoms with van der Waals surface area (Å²) in [5, 5.41) is 7.82. The highest BCUT2D eigenvalue weighted by molar-refractivity contribution is 6.42. The summed E-state index contributed by atoms with van der Waals surface area (Å²) < 4.78 is 28.0. The van der Waals surface area contributed by atoms with Crippen LogP contribution >= 0.6 is 23.2 Å². The Morgan fingerprint density at radius 1 is 0.963 bits per heavy atom. The van der Waals surface area contributed by atoms with Gasteiger partial charge in [-0.05, 0) is 37.1 Å². The molecule has 2 aliphatic rings. The van der Waals surface area contributed by atoms with E-state index >= 15 is 0 Å². The minimum atomic E-state index is -0.587. The molecule has 1 saturated carbocycles.